The van der Waals surface area contributed by atoms with E-state index in [0.717, 1.165) is 50.7 Å². The number of nitrogens with zero attached hydrogens (tertiary/aromatic N) is 3. The van der Waals surface area contributed by atoms with Crippen molar-refractivity contribution in [1.29, 1.82) is 0 Å². The maximum absolute atomic E-state index is 14.0. The molecule has 2 aliphatic rings. The molecule has 1 N–H and O–H groups in total. The van der Waals surface area contributed by atoms with Gasteiger partial charge >= 0.3 is 0 Å². The van der Waals surface area contributed by atoms with Crippen LogP contribution < -0.4 is 5.32 Å². The number of rotatable bonds is 6. The Kier molecular flexibility index (Phi) is 8.13. The molecule has 0 spiro atoms. The molecule has 4 nitrogen and oxygen atoms in total. The Labute approximate surface area is 174 Å². The van der Waals surface area contributed by atoms with Crippen LogP contribution in [0.3, 0.4) is 0 Å². The monoisotopic (exact) mass is 474 g/mol. The summed E-state index contributed by atoms with van der Waals surface area (Å²) in [7, 11) is 0. The molecule has 1 aliphatic carbocycles. The van der Waals surface area contributed by atoms with Crippen LogP contribution in [0.25, 0.3) is 0 Å². The van der Waals surface area contributed by atoms with Gasteiger partial charge in [0.05, 0.1) is 0 Å². The standard InChI is InChI=1S/C20H31FN4.HI/c1-4-22-20(25-12-11-15(14-25)24(5-2)6-3)23-19-13-17(19)16-9-7-8-10-18(16)21;/h7-10,15,17,19H,4-6,11-14H2,1-3H3,(H,22,23);1H. The summed E-state index contributed by atoms with van der Waals surface area (Å²) in [6.45, 7) is 11.6. The Morgan fingerprint density at radius 3 is 2.65 bits per heavy atom. The van der Waals surface area contributed by atoms with Gasteiger partial charge in [-0.3, -0.25) is 9.89 Å². The number of halogens is 2. The summed E-state index contributed by atoms with van der Waals surface area (Å²) >= 11 is 0. The van der Waals surface area contributed by atoms with E-state index in [1.165, 1.54) is 6.42 Å². The SMILES string of the molecule is CCN=C(NC1CC1c1ccccc1F)N1CCC(N(CC)CC)C1.I. The van der Waals surface area contributed by atoms with Crippen molar-refractivity contribution >= 4 is 29.9 Å². The summed E-state index contributed by atoms with van der Waals surface area (Å²) in [5.74, 6) is 1.18. The first-order valence-electron chi connectivity index (χ1n) is 9.72. The molecule has 1 aromatic rings. The highest BCUT2D eigenvalue weighted by molar-refractivity contribution is 14.0. The van der Waals surface area contributed by atoms with Crippen LogP contribution in [0.1, 0.15) is 45.1 Å². The average molecular weight is 474 g/mol. The first kappa shape index (κ1) is 21.4. The van der Waals surface area contributed by atoms with Crippen molar-refractivity contribution in [3.05, 3.63) is 35.6 Å². The van der Waals surface area contributed by atoms with Crippen LogP contribution in [0.5, 0.6) is 0 Å². The fourth-order valence-electron chi connectivity index (χ4n) is 4.00. The van der Waals surface area contributed by atoms with Crippen molar-refractivity contribution in [2.24, 2.45) is 4.99 Å². The Balaban J connectivity index is 0.00000243. The molecule has 0 aromatic heterocycles. The second-order valence-corrected chi connectivity index (χ2v) is 7.02. The normalized spacial score (nSPS) is 25.3. The minimum Gasteiger partial charge on any atom is -0.353 e. The molecule has 1 aromatic carbocycles. The zero-order valence-corrected chi connectivity index (χ0v) is 18.4. The molecule has 3 rings (SSSR count). The van der Waals surface area contributed by atoms with Crippen molar-refractivity contribution in [2.45, 2.75) is 51.6 Å². The molecular weight excluding hydrogens is 442 g/mol. The van der Waals surface area contributed by atoms with E-state index in [-0.39, 0.29) is 35.7 Å². The zero-order valence-electron chi connectivity index (χ0n) is 16.1. The smallest absolute Gasteiger partial charge is 0.194 e. The third-order valence-electron chi connectivity index (χ3n) is 5.51. The van der Waals surface area contributed by atoms with Crippen LogP contribution in [0.2, 0.25) is 0 Å². The maximum atomic E-state index is 14.0. The van der Waals surface area contributed by atoms with E-state index >= 15 is 0 Å². The average Bonchev–Trinajstić information content (AvgIpc) is 3.20. The zero-order chi connectivity index (χ0) is 17.8. The van der Waals surface area contributed by atoms with Gasteiger partial charge in [-0.05, 0) is 44.5 Å². The lowest BCUT2D eigenvalue weighted by Crippen LogP contribution is -2.44. The number of benzene rings is 1. The fourth-order valence-corrected chi connectivity index (χ4v) is 4.00. The lowest BCUT2D eigenvalue weighted by Gasteiger charge is -2.27. The quantitative estimate of drug-likeness (QED) is 0.388. The number of hydrogen-bond acceptors (Lipinski definition) is 2. The van der Waals surface area contributed by atoms with Crippen molar-refractivity contribution in [1.82, 2.24) is 15.1 Å². The van der Waals surface area contributed by atoms with Crippen LogP contribution in [0, 0.1) is 5.82 Å². The third-order valence-corrected chi connectivity index (χ3v) is 5.51. The van der Waals surface area contributed by atoms with Gasteiger partial charge in [-0.2, -0.15) is 0 Å². The largest absolute Gasteiger partial charge is 0.353 e. The fraction of sp³-hybridized carbons (Fsp3) is 0.650. The van der Waals surface area contributed by atoms with E-state index in [2.05, 4.69) is 35.9 Å². The third kappa shape index (κ3) is 4.88. The predicted molar refractivity (Wildman–Crippen MR) is 117 cm³/mol. The molecule has 26 heavy (non-hydrogen) atoms. The number of guanidine groups is 1. The van der Waals surface area contributed by atoms with Gasteiger partial charge < -0.3 is 10.2 Å². The highest BCUT2D eigenvalue weighted by atomic mass is 127. The molecule has 3 atom stereocenters. The highest BCUT2D eigenvalue weighted by Gasteiger charge is 2.41. The lowest BCUT2D eigenvalue weighted by molar-refractivity contribution is 0.223. The van der Waals surface area contributed by atoms with Gasteiger partial charge in [-0.25, -0.2) is 4.39 Å². The van der Waals surface area contributed by atoms with Crippen LogP contribution in [0.4, 0.5) is 4.39 Å². The van der Waals surface area contributed by atoms with Crippen molar-refractivity contribution in [3.63, 3.8) is 0 Å². The number of likely N-dealkylation sites (tertiary alicyclic amines) is 1. The van der Waals surface area contributed by atoms with Crippen molar-refractivity contribution < 1.29 is 4.39 Å². The Morgan fingerprint density at radius 2 is 2.00 bits per heavy atom. The molecular formula is C20H32FIN4. The minimum absolute atomic E-state index is 0. The summed E-state index contributed by atoms with van der Waals surface area (Å²) in [5.41, 5.74) is 0.832. The van der Waals surface area contributed by atoms with Crippen molar-refractivity contribution in [3.8, 4) is 0 Å². The number of hydrogen-bond donors (Lipinski definition) is 1. The number of nitrogens with one attached hydrogen (secondary N) is 1. The van der Waals surface area contributed by atoms with Gasteiger partial charge in [-0.15, -0.1) is 24.0 Å². The number of aliphatic imine (C=N–C) groups is 1. The topological polar surface area (TPSA) is 30.9 Å². The molecule has 2 fully saturated rings. The second-order valence-electron chi connectivity index (χ2n) is 7.02. The summed E-state index contributed by atoms with van der Waals surface area (Å²) in [5, 5.41) is 3.60. The Bertz CT molecular complexity index is 605. The van der Waals surface area contributed by atoms with Crippen molar-refractivity contribution in [2.75, 3.05) is 32.7 Å². The van der Waals surface area contributed by atoms with Gasteiger partial charge in [0.15, 0.2) is 5.96 Å². The second kappa shape index (κ2) is 9.88. The minimum atomic E-state index is -0.0893. The van der Waals surface area contributed by atoms with E-state index in [9.17, 15) is 4.39 Å². The lowest BCUT2D eigenvalue weighted by atomic mass is 10.1. The Hall–Kier alpha value is -0.890. The van der Waals surface area contributed by atoms with Gasteiger partial charge in [0.25, 0.3) is 0 Å². The summed E-state index contributed by atoms with van der Waals surface area (Å²) in [4.78, 5) is 9.61. The molecule has 6 heteroatoms. The van der Waals surface area contributed by atoms with E-state index in [1.54, 1.807) is 12.1 Å². The molecule has 0 radical (unpaired) electrons. The van der Waals surface area contributed by atoms with E-state index in [1.807, 2.05) is 12.1 Å². The molecule has 1 saturated heterocycles. The summed E-state index contributed by atoms with van der Waals surface area (Å²) < 4.78 is 14.0. The maximum Gasteiger partial charge on any atom is 0.194 e. The van der Waals surface area contributed by atoms with Crippen LogP contribution in [0.15, 0.2) is 29.3 Å². The first-order valence-corrected chi connectivity index (χ1v) is 9.72. The molecule has 0 bridgehead atoms. The van der Waals surface area contributed by atoms with Crippen LogP contribution in [-0.2, 0) is 0 Å². The van der Waals surface area contributed by atoms with Gasteiger partial charge in [0.1, 0.15) is 5.82 Å². The van der Waals surface area contributed by atoms with E-state index in [4.69, 9.17) is 4.99 Å². The van der Waals surface area contributed by atoms with E-state index in [0.29, 0.717) is 12.1 Å². The Morgan fingerprint density at radius 1 is 1.27 bits per heavy atom. The molecule has 3 unspecified atom stereocenters. The van der Waals surface area contributed by atoms with Gasteiger partial charge in [0, 0.05) is 37.6 Å². The van der Waals surface area contributed by atoms with E-state index < -0.39 is 0 Å². The highest BCUT2D eigenvalue weighted by Crippen LogP contribution is 2.42. The molecule has 1 heterocycles. The van der Waals surface area contributed by atoms with Gasteiger partial charge in [-0.1, -0.05) is 32.0 Å². The molecule has 1 aliphatic heterocycles. The number of likely N-dealkylation sites (N-methyl/N-ethyl adjacent to an activating group) is 1. The summed E-state index contributed by atoms with van der Waals surface area (Å²) in [6, 6.07) is 8.05. The van der Waals surface area contributed by atoms with Crippen LogP contribution in [-0.4, -0.2) is 60.6 Å². The van der Waals surface area contributed by atoms with Gasteiger partial charge in [0.2, 0.25) is 0 Å². The molecule has 146 valence electrons. The van der Waals surface area contributed by atoms with Crippen LogP contribution >= 0.6 is 24.0 Å². The first-order chi connectivity index (χ1) is 12.2. The summed E-state index contributed by atoms with van der Waals surface area (Å²) in [6.07, 6.45) is 2.17. The molecule has 1 saturated carbocycles. The predicted octanol–water partition coefficient (Wildman–Crippen LogP) is 3.68. The molecule has 0 amide bonds.